The van der Waals surface area contributed by atoms with E-state index in [9.17, 15) is 0 Å². The van der Waals surface area contributed by atoms with Crippen molar-refractivity contribution >= 4 is 0 Å². The van der Waals surface area contributed by atoms with E-state index in [1.54, 1.807) is 0 Å². The summed E-state index contributed by atoms with van der Waals surface area (Å²) in [5.74, 6) is 12.1. The summed E-state index contributed by atoms with van der Waals surface area (Å²) in [6, 6.07) is 0. The molecule has 0 amide bonds. The largest absolute Gasteiger partial charge is 0.0985 e. The Morgan fingerprint density at radius 3 is 1.67 bits per heavy atom. The summed E-state index contributed by atoms with van der Waals surface area (Å²) in [5, 5.41) is 0. The normalized spacial score (nSPS) is 20.0. The van der Waals surface area contributed by atoms with Gasteiger partial charge < -0.3 is 0 Å². The quantitative estimate of drug-likeness (QED) is 0.475. The van der Waals surface area contributed by atoms with Crippen LogP contribution in [-0.4, -0.2) is 0 Å². The summed E-state index contributed by atoms with van der Waals surface area (Å²) in [7, 11) is 0. The van der Waals surface area contributed by atoms with Gasteiger partial charge in [-0.15, -0.1) is 0 Å². The van der Waals surface area contributed by atoms with Gasteiger partial charge in [0, 0.05) is 12.8 Å². The Morgan fingerprint density at radius 2 is 1.17 bits per heavy atom. The van der Waals surface area contributed by atoms with E-state index in [4.69, 9.17) is 0 Å². The van der Waals surface area contributed by atoms with Crippen LogP contribution in [0.25, 0.3) is 0 Å². The zero-order valence-corrected chi connectivity index (χ0v) is 7.40. The van der Waals surface area contributed by atoms with Crippen molar-refractivity contribution < 1.29 is 0 Å². The molecule has 0 fully saturated rings. The Hall–Kier alpha value is -1.14. The zero-order valence-electron chi connectivity index (χ0n) is 7.40. The van der Waals surface area contributed by atoms with Gasteiger partial charge in [0.15, 0.2) is 0 Å². The minimum atomic E-state index is 1.04. The van der Waals surface area contributed by atoms with Crippen LogP contribution in [0.5, 0.6) is 0 Å². The van der Waals surface area contributed by atoms with Crippen LogP contribution < -0.4 is 0 Å². The second-order valence-electron chi connectivity index (χ2n) is 2.89. The molecule has 0 saturated heterocycles. The second-order valence-corrected chi connectivity index (χ2v) is 2.89. The minimum absolute atomic E-state index is 1.04. The Balaban J connectivity index is 2.41. The van der Waals surface area contributed by atoms with Crippen molar-refractivity contribution in [1.29, 1.82) is 0 Å². The highest BCUT2D eigenvalue weighted by molar-refractivity contribution is 5.24. The molecule has 0 spiro atoms. The first-order valence-electron chi connectivity index (χ1n) is 4.62. The zero-order chi connectivity index (χ0) is 8.49. The number of allylic oxidation sites excluding steroid dienone is 2. The Labute approximate surface area is 75.1 Å². The molecule has 0 aromatic heterocycles. The molecular formula is C12H14. The predicted octanol–water partition coefficient (Wildman–Crippen LogP) is 2.90. The average Bonchev–Trinajstić information content (AvgIpc) is 2.05. The van der Waals surface area contributed by atoms with Gasteiger partial charge in [0.1, 0.15) is 0 Å². The smallest absolute Gasteiger partial charge is 0.00922 e. The summed E-state index contributed by atoms with van der Waals surface area (Å²) < 4.78 is 0. The van der Waals surface area contributed by atoms with Crippen LogP contribution in [0.4, 0.5) is 0 Å². The van der Waals surface area contributed by atoms with Crippen LogP contribution in [0.15, 0.2) is 12.2 Å². The van der Waals surface area contributed by atoms with Crippen LogP contribution in [0.2, 0.25) is 0 Å². The lowest BCUT2D eigenvalue weighted by atomic mass is 10.1. The molecule has 0 aromatic rings. The lowest BCUT2D eigenvalue weighted by Crippen LogP contribution is -1.77. The van der Waals surface area contributed by atoms with E-state index in [-0.39, 0.29) is 0 Å². The van der Waals surface area contributed by atoms with E-state index >= 15 is 0 Å². The average molecular weight is 158 g/mol. The van der Waals surface area contributed by atoms with Gasteiger partial charge >= 0.3 is 0 Å². The molecule has 0 bridgehead atoms. The molecule has 0 N–H and O–H groups in total. The summed E-state index contributed by atoms with van der Waals surface area (Å²) >= 11 is 0. The summed E-state index contributed by atoms with van der Waals surface area (Å²) in [4.78, 5) is 0. The monoisotopic (exact) mass is 158 g/mol. The lowest BCUT2D eigenvalue weighted by molar-refractivity contribution is 0.661. The minimum Gasteiger partial charge on any atom is -0.0985 e. The lowest BCUT2D eigenvalue weighted by Gasteiger charge is -1.94. The van der Waals surface area contributed by atoms with Crippen LogP contribution >= 0.6 is 0 Å². The molecular weight excluding hydrogens is 144 g/mol. The van der Waals surface area contributed by atoms with Crippen LogP contribution in [-0.2, 0) is 0 Å². The van der Waals surface area contributed by atoms with Crippen molar-refractivity contribution in [3.05, 3.63) is 12.2 Å². The highest BCUT2D eigenvalue weighted by Crippen LogP contribution is 2.04. The molecule has 0 heteroatoms. The van der Waals surface area contributed by atoms with E-state index in [1.165, 1.54) is 25.7 Å². The summed E-state index contributed by atoms with van der Waals surface area (Å²) in [5.41, 5.74) is 0. The third kappa shape index (κ3) is 4.64. The van der Waals surface area contributed by atoms with Gasteiger partial charge in [0.05, 0.1) is 0 Å². The molecule has 0 unspecified atom stereocenters. The molecule has 0 saturated carbocycles. The predicted molar refractivity (Wildman–Crippen MR) is 52.4 cm³/mol. The molecule has 12 heavy (non-hydrogen) atoms. The van der Waals surface area contributed by atoms with Gasteiger partial charge in [0.25, 0.3) is 0 Å². The topological polar surface area (TPSA) is 0 Å². The maximum absolute atomic E-state index is 3.10. The summed E-state index contributed by atoms with van der Waals surface area (Å²) in [6.07, 6.45) is 10.9. The number of rotatable bonds is 0. The molecule has 0 atom stereocenters. The number of hydrogen-bond donors (Lipinski definition) is 0. The van der Waals surface area contributed by atoms with E-state index in [0.717, 1.165) is 12.8 Å². The van der Waals surface area contributed by atoms with Gasteiger partial charge in [0.2, 0.25) is 0 Å². The van der Waals surface area contributed by atoms with Crippen molar-refractivity contribution in [3.63, 3.8) is 0 Å². The molecule has 0 aromatic carbocycles. The van der Waals surface area contributed by atoms with Crippen LogP contribution in [0.1, 0.15) is 38.5 Å². The van der Waals surface area contributed by atoms with Gasteiger partial charge in [-0.05, 0) is 25.0 Å². The Bertz CT molecular complexity index is 221. The van der Waals surface area contributed by atoms with Gasteiger partial charge in [-0.2, -0.15) is 0 Å². The maximum Gasteiger partial charge on any atom is 0.00922 e. The van der Waals surface area contributed by atoms with E-state index < -0.39 is 0 Å². The fourth-order valence-electron chi connectivity index (χ4n) is 1.13. The fourth-order valence-corrected chi connectivity index (χ4v) is 1.13. The first-order valence-corrected chi connectivity index (χ1v) is 4.62. The standard InChI is InChI=1S/C12H14/c1-2-4-6-8-10-12-11-9-7-5-3-1/h1-2H,7-12H2/b2-1-. The molecule has 1 rings (SSSR count). The number of hydrogen-bond acceptors (Lipinski definition) is 0. The first-order chi connectivity index (χ1) is 6.00. The van der Waals surface area contributed by atoms with E-state index in [1.807, 2.05) is 12.2 Å². The molecule has 0 heterocycles. The molecule has 0 radical (unpaired) electrons. The molecule has 1 aliphatic carbocycles. The van der Waals surface area contributed by atoms with Gasteiger partial charge in [-0.3, -0.25) is 0 Å². The summed E-state index contributed by atoms with van der Waals surface area (Å²) in [6.45, 7) is 0. The van der Waals surface area contributed by atoms with E-state index in [0.29, 0.717) is 0 Å². The fraction of sp³-hybridized carbons (Fsp3) is 0.500. The maximum atomic E-state index is 3.10. The van der Waals surface area contributed by atoms with Gasteiger partial charge in [-0.1, -0.05) is 36.5 Å². The van der Waals surface area contributed by atoms with Crippen molar-refractivity contribution in [1.82, 2.24) is 0 Å². The van der Waals surface area contributed by atoms with Crippen molar-refractivity contribution in [2.75, 3.05) is 0 Å². The van der Waals surface area contributed by atoms with Crippen molar-refractivity contribution in [3.8, 4) is 23.7 Å². The Kier molecular flexibility index (Phi) is 4.90. The molecule has 1 aliphatic rings. The van der Waals surface area contributed by atoms with Crippen LogP contribution in [0, 0.1) is 23.7 Å². The molecule has 62 valence electrons. The SMILES string of the molecule is C1#CCCCCCCC#C/C=C\1. The molecule has 0 aliphatic heterocycles. The highest BCUT2D eigenvalue weighted by Gasteiger charge is 1.87. The first kappa shape index (κ1) is 8.95. The molecule has 0 nitrogen and oxygen atoms in total. The third-order valence-electron chi connectivity index (χ3n) is 1.81. The van der Waals surface area contributed by atoms with Crippen molar-refractivity contribution in [2.45, 2.75) is 38.5 Å². The van der Waals surface area contributed by atoms with Crippen LogP contribution in [0.3, 0.4) is 0 Å². The highest BCUT2D eigenvalue weighted by atomic mass is 13.9. The van der Waals surface area contributed by atoms with Gasteiger partial charge in [-0.25, -0.2) is 0 Å². The Morgan fingerprint density at radius 1 is 0.667 bits per heavy atom. The van der Waals surface area contributed by atoms with Crippen molar-refractivity contribution in [2.24, 2.45) is 0 Å². The van der Waals surface area contributed by atoms with E-state index in [2.05, 4.69) is 23.7 Å². The second kappa shape index (κ2) is 6.56. The third-order valence-corrected chi connectivity index (χ3v) is 1.81.